The van der Waals surface area contributed by atoms with Gasteiger partial charge in [0.25, 0.3) is 0 Å². The van der Waals surface area contributed by atoms with Crippen LogP contribution in [0.2, 0.25) is 0 Å². The lowest BCUT2D eigenvalue weighted by Crippen LogP contribution is -2.33. The molecule has 0 bridgehead atoms. The Balaban J connectivity index is 1.27. The predicted molar refractivity (Wildman–Crippen MR) is 157 cm³/mol. The van der Waals surface area contributed by atoms with E-state index in [1.165, 1.54) is 12.1 Å². The Kier molecular flexibility index (Phi) is 7.28. The average Bonchev–Trinajstić information content (AvgIpc) is 3.32. The number of rotatable bonds is 6. The zero-order valence-electron chi connectivity index (χ0n) is 22.9. The second kappa shape index (κ2) is 11.1. The molecule has 6 rings (SSSR count). The summed E-state index contributed by atoms with van der Waals surface area (Å²) in [5.41, 5.74) is 8.00. The normalized spacial score (nSPS) is 17.5. The molecule has 0 saturated heterocycles. The number of aromatic nitrogens is 4. The zero-order chi connectivity index (χ0) is 29.4. The number of anilines is 2. The van der Waals surface area contributed by atoms with E-state index < -0.39 is 17.6 Å². The molecule has 2 heterocycles. The van der Waals surface area contributed by atoms with Crippen LogP contribution in [0.5, 0.6) is 0 Å². The number of nitrogens with one attached hydrogen (secondary N) is 2. The van der Waals surface area contributed by atoms with Crippen LogP contribution in [0, 0.1) is 0 Å². The number of halogens is 3. The molecule has 0 radical (unpaired) electrons. The summed E-state index contributed by atoms with van der Waals surface area (Å²) in [7, 11) is 1.77. The van der Waals surface area contributed by atoms with Crippen molar-refractivity contribution in [2.45, 2.75) is 50.4 Å². The number of benzene rings is 3. The second-order valence-corrected chi connectivity index (χ2v) is 10.8. The standard InChI is InChI=1S/C31H30F3N7O/c1-41-26(16-27(40-41)38-28(42)14-18-5-4-6-20(13-18)31(32,33)34)25-15-19-17-36-30(37-22-11-9-21(35)10-12-22)39-29(19)24-8-3-2-7-23(24)25/h2-8,13,15-17,21-22H,9-12,14,35H2,1H3,(H,36,37,39)(H,38,40,42)/t21-,22-. The molecule has 4 N–H and O–H groups in total. The molecule has 1 aliphatic carbocycles. The summed E-state index contributed by atoms with van der Waals surface area (Å²) in [5, 5.41) is 13.4. The summed E-state index contributed by atoms with van der Waals surface area (Å²) >= 11 is 0. The summed E-state index contributed by atoms with van der Waals surface area (Å²) in [6, 6.07) is 17.0. The van der Waals surface area contributed by atoms with Crippen molar-refractivity contribution in [1.29, 1.82) is 0 Å². The van der Waals surface area contributed by atoms with Crippen molar-refractivity contribution in [2.24, 2.45) is 12.8 Å². The predicted octanol–water partition coefficient (Wildman–Crippen LogP) is 6.07. The molecule has 1 aliphatic rings. The number of alkyl halides is 3. The topological polar surface area (TPSA) is 111 Å². The molecule has 216 valence electrons. The van der Waals surface area contributed by atoms with Gasteiger partial charge < -0.3 is 16.4 Å². The van der Waals surface area contributed by atoms with Crippen LogP contribution in [-0.4, -0.2) is 37.7 Å². The molecule has 1 fully saturated rings. The maximum Gasteiger partial charge on any atom is 0.416 e. The van der Waals surface area contributed by atoms with Gasteiger partial charge in [-0.2, -0.15) is 18.3 Å². The quantitative estimate of drug-likeness (QED) is 0.213. The van der Waals surface area contributed by atoms with Gasteiger partial charge in [-0.05, 0) is 48.8 Å². The first-order valence-corrected chi connectivity index (χ1v) is 13.8. The zero-order valence-corrected chi connectivity index (χ0v) is 22.9. The molecule has 42 heavy (non-hydrogen) atoms. The van der Waals surface area contributed by atoms with Gasteiger partial charge in [-0.3, -0.25) is 9.48 Å². The van der Waals surface area contributed by atoms with Crippen molar-refractivity contribution < 1.29 is 18.0 Å². The molecule has 5 aromatic rings. The number of amides is 1. The summed E-state index contributed by atoms with van der Waals surface area (Å²) in [5.74, 6) is 0.430. The molecule has 0 unspecified atom stereocenters. The summed E-state index contributed by atoms with van der Waals surface area (Å²) in [6.07, 6.45) is 1.06. The smallest absolute Gasteiger partial charge is 0.351 e. The van der Waals surface area contributed by atoms with Crippen LogP contribution in [0.15, 0.2) is 66.9 Å². The Bertz CT molecular complexity index is 1770. The first kappa shape index (κ1) is 27.6. The Morgan fingerprint density at radius 2 is 1.79 bits per heavy atom. The van der Waals surface area contributed by atoms with E-state index >= 15 is 0 Å². The molecule has 8 nitrogen and oxygen atoms in total. The Morgan fingerprint density at radius 1 is 1.02 bits per heavy atom. The highest BCUT2D eigenvalue weighted by Gasteiger charge is 2.30. The molecule has 3 aromatic carbocycles. The summed E-state index contributed by atoms with van der Waals surface area (Å²) in [6.45, 7) is 0. The third kappa shape index (κ3) is 5.78. The summed E-state index contributed by atoms with van der Waals surface area (Å²) < 4.78 is 40.9. The average molecular weight is 574 g/mol. The number of carbonyl (C=O) groups excluding carboxylic acids is 1. The lowest BCUT2D eigenvalue weighted by molar-refractivity contribution is -0.137. The molecule has 1 amide bonds. The van der Waals surface area contributed by atoms with Crippen molar-refractivity contribution in [2.75, 3.05) is 10.6 Å². The highest BCUT2D eigenvalue weighted by molar-refractivity contribution is 6.12. The fourth-order valence-corrected chi connectivity index (χ4v) is 5.61. The van der Waals surface area contributed by atoms with E-state index in [1.54, 1.807) is 17.8 Å². The maximum atomic E-state index is 13.1. The van der Waals surface area contributed by atoms with Crippen LogP contribution < -0.4 is 16.4 Å². The first-order valence-electron chi connectivity index (χ1n) is 13.8. The Morgan fingerprint density at radius 3 is 2.55 bits per heavy atom. The van der Waals surface area contributed by atoms with E-state index in [0.717, 1.165) is 70.7 Å². The van der Waals surface area contributed by atoms with Crippen LogP contribution in [0.3, 0.4) is 0 Å². The minimum atomic E-state index is -4.47. The van der Waals surface area contributed by atoms with E-state index in [2.05, 4.69) is 20.7 Å². The lowest BCUT2D eigenvalue weighted by atomic mass is 9.92. The SMILES string of the molecule is Cn1nc(NC(=O)Cc2cccc(C(F)(F)F)c2)cc1-c1cc2cnc(N[C@H]3CC[C@H](N)CC3)nc2c2ccccc12. The third-order valence-electron chi connectivity index (χ3n) is 7.74. The van der Waals surface area contributed by atoms with Crippen molar-refractivity contribution in [3.05, 3.63) is 78.0 Å². The van der Waals surface area contributed by atoms with Gasteiger partial charge in [-0.15, -0.1) is 0 Å². The van der Waals surface area contributed by atoms with Crippen molar-refractivity contribution in [3.63, 3.8) is 0 Å². The number of carbonyl (C=O) groups is 1. The molecule has 1 saturated carbocycles. The molecule has 0 aliphatic heterocycles. The maximum absolute atomic E-state index is 13.1. The lowest BCUT2D eigenvalue weighted by Gasteiger charge is -2.26. The number of aryl methyl sites for hydroxylation is 1. The third-order valence-corrected chi connectivity index (χ3v) is 7.74. The minimum absolute atomic E-state index is 0.212. The van der Waals surface area contributed by atoms with E-state index in [1.807, 2.05) is 36.5 Å². The van der Waals surface area contributed by atoms with Crippen LogP contribution in [0.1, 0.15) is 36.8 Å². The molecule has 2 aromatic heterocycles. The van der Waals surface area contributed by atoms with Crippen LogP contribution >= 0.6 is 0 Å². The molecular formula is C31H30F3N7O. The number of nitrogens with two attached hydrogens (primary N) is 1. The minimum Gasteiger partial charge on any atom is -0.351 e. The van der Waals surface area contributed by atoms with Crippen molar-refractivity contribution >= 4 is 39.3 Å². The fraction of sp³-hybridized carbons (Fsp3) is 0.290. The number of hydrogen-bond donors (Lipinski definition) is 3. The van der Waals surface area contributed by atoms with Gasteiger partial charge in [-0.1, -0.05) is 42.5 Å². The molecule has 0 spiro atoms. The first-order chi connectivity index (χ1) is 20.1. The number of fused-ring (bicyclic) bond motifs is 3. The van der Waals surface area contributed by atoms with Crippen LogP contribution in [0.4, 0.5) is 24.9 Å². The van der Waals surface area contributed by atoms with Crippen LogP contribution in [-0.2, 0) is 24.4 Å². The molecule has 0 atom stereocenters. The van der Waals surface area contributed by atoms with E-state index in [4.69, 9.17) is 10.7 Å². The number of nitrogens with zero attached hydrogens (tertiary/aromatic N) is 4. The van der Waals surface area contributed by atoms with Gasteiger partial charge in [0.05, 0.1) is 23.2 Å². The van der Waals surface area contributed by atoms with Crippen LogP contribution in [0.25, 0.3) is 32.9 Å². The van der Waals surface area contributed by atoms with Gasteiger partial charge in [0.1, 0.15) is 0 Å². The fourth-order valence-electron chi connectivity index (χ4n) is 5.61. The molecular weight excluding hydrogens is 543 g/mol. The summed E-state index contributed by atoms with van der Waals surface area (Å²) in [4.78, 5) is 22.2. The van der Waals surface area contributed by atoms with Gasteiger partial charge in [0.15, 0.2) is 5.82 Å². The van der Waals surface area contributed by atoms with Gasteiger partial charge >= 0.3 is 6.18 Å². The monoisotopic (exact) mass is 573 g/mol. The number of hydrogen-bond acceptors (Lipinski definition) is 6. The van der Waals surface area contributed by atoms with E-state index in [9.17, 15) is 18.0 Å². The second-order valence-electron chi connectivity index (χ2n) is 10.8. The van der Waals surface area contributed by atoms with Gasteiger partial charge in [-0.25, -0.2) is 9.97 Å². The van der Waals surface area contributed by atoms with Gasteiger partial charge in [0.2, 0.25) is 11.9 Å². The van der Waals surface area contributed by atoms with Crippen molar-refractivity contribution in [1.82, 2.24) is 19.7 Å². The van der Waals surface area contributed by atoms with Crippen molar-refractivity contribution in [3.8, 4) is 11.3 Å². The highest BCUT2D eigenvalue weighted by Crippen LogP contribution is 2.35. The van der Waals surface area contributed by atoms with E-state index in [-0.39, 0.29) is 18.0 Å². The Hall–Kier alpha value is -4.51. The molecule has 11 heteroatoms. The largest absolute Gasteiger partial charge is 0.416 e. The van der Waals surface area contributed by atoms with E-state index in [0.29, 0.717) is 17.8 Å². The van der Waals surface area contributed by atoms with Gasteiger partial charge in [0, 0.05) is 47.7 Å². The highest BCUT2D eigenvalue weighted by atomic mass is 19.4. The Labute approximate surface area is 240 Å².